The van der Waals surface area contributed by atoms with Gasteiger partial charge < -0.3 is 5.32 Å². The Kier molecular flexibility index (Phi) is 3.58. The molecule has 104 valence electrons. The number of piperidine rings is 2. The van der Waals surface area contributed by atoms with Crippen molar-refractivity contribution in [2.45, 2.75) is 39.2 Å². The zero-order valence-electron chi connectivity index (χ0n) is 11.4. The molecule has 2 aliphatic rings. The van der Waals surface area contributed by atoms with Gasteiger partial charge in [-0.2, -0.15) is 0 Å². The van der Waals surface area contributed by atoms with E-state index in [1.807, 2.05) is 6.92 Å². The molecule has 0 bridgehead atoms. The third kappa shape index (κ3) is 2.67. The van der Waals surface area contributed by atoms with Crippen molar-refractivity contribution in [1.82, 2.24) is 15.2 Å². The van der Waals surface area contributed by atoms with Crippen molar-refractivity contribution < 1.29 is 4.79 Å². The summed E-state index contributed by atoms with van der Waals surface area (Å²) in [6.07, 6.45) is 4.22. The summed E-state index contributed by atoms with van der Waals surface area (Å²) in [4.78, 5) is 19.1. The molecule has 5 heteroatoms. The van der Waals surface area contributed by atoms with Crippen LogP contribution in [0.1, 0.15) is 36.4 Å². The number of aromatic nitrogens is 1. The van der Waals surface area contributed by atoms with Gasteiger partial charge in [-0.1, -0.05) is 0 Å². The minimum absolute atomic E-state index is 0.0620. The first-order valence-electron chi connectivity index (χ1n) is 7.10. The van der Waals surface area contributed by atoms with E-state index in [0.29, 0.717) is 5.91 Å². The number of nitrogens with one attached hydrogen (secondary N) is 1. The Balaban J connectivity index is 1.58. The SMILES string of the molecule is Cc1csc(CN2CCC3(CCCNC3=O)CC2)n1. The van der Waals surface area contributed by atoms with E-state index in [4.69, 9.17) is 0 Å². The minimum atomic E-state index is -0.0620. The van der Waals surface area contributed by atoms with Gasteiger partial charge in [-0.15, -0.1) is 11.3 Å². The Morgan fingerprint density at radius 3 is 2.84 bits per heavy atom. The van der Waals surface area contributed by atoms with Crippen LogP contribution in [0.15, 0.2) is 5.38 Å². The summed E-state index contributed by atoms with van der Waals surface area (Å²) in [5, 5.41) is 6.35. The quantitative estimate of drug-likeness (QED) is 0.900. The van der Waals surface area contributed by atoms with Gasteiger partial charge in [-0.25, -0.2) is 4.98 Å². The summed E-state index contributed by atoms with van der Waals surface area (Å²) in [5.74, 6) is 0.295. The van der Waals surface area contributed by atoms with E-state index in [0.717, 1.165) is 57.6 Å². The second-order valence-corrected chi connectivity index (χ2v) is 6.74. The van der Waals surface area contributed by atoms with Crippen molar-refractivity contribution in [2.75, 3.05) is 19.6 Å². The summed E-state index contributed by atoms with van der Waals surface area (Å²) in [7, 11) is 0. The Morgan fingerprint density at radius 1 is 1.42 bits per heavy atom. The van der Waals surface area contributed by atoms with Crippen molar-refractivity contribution in [3.05, 3.63) is 16.1 Å². The Morgan fingerprint density at radius 2 is 2.21 bits per heavy atom. The maximum absolute atomic E-state index is 12.1. The number of hydrogen-bond donors (Lipinski definition) is 1. The smallest absolute Gasteiger partial charge is 0.226 e. The highest BCUT2D eigenvalue weighted by molar-refractivity contribution is 7.09. The topological polar surface area (TPSA) is 45.2 Å². The van der Waals surface area contributed by atoms with E-state index in [1.165, 1.54) is 5.01 Å². The van der Waals surface area contributed by atoms with Crippen LogP contribution in [0.5, 0.6) is 0 Å². The van der Waals surface area contributed by atoms with Gasteiger partial charge in [0, 0.05) is 17.6 Å². The minimum Gasteiger partial charge on any atom is -0.356 e. The van der Waals surface area contributed by atoms with Crippen LogP contribution in [0.2, 0.25) is 0 Å². The average Bonchev–Trinajstić information content (AvgIpc) is 2.81. The van der Waals surface area contributed by atoms with Gasteiger partial charge in [0.1, 0.15) is 5.01 Å². The highest BCUT2D eigenvalue weighted by Gasteiger charge is 2.42. The first-order chi connectivity index (χ1) is 9.18. The highest BCUT2D eigenvalue weighted by atomic mass is 32.1. The van der Waals surface area contributed by atoms with Crippen LogP contribution in [0.3, 0.4) is 0 Å². The van der Waals surface area contributed by atoms with Crippen LogP contribution >= 0.6 is 11.3 Å². The third-order valence-corrected chi connectivity index (χ3v) is 5.39. The lowest BCUT2D eigenvalue weighted by Gasteiger charge is -2.42. The molecule has 2 fully saturated rings. The summed E-state index contributed by atoms with van der Waals surface area (Å²) in [5.41, 5.74) is 1.05. The number of aryl methyl sites for hydroxylation is 1. The number of carbonyl (C=O) groups is 1. The number of nitrogens with zero attached hydrogens (tertiary/aromatic N) is 2. The molecule has 1 spiro atoms. The molecular weight excluding hydrogens is 258 g/mol. The van der Waals surface area contributed by atoms with E-state index in [-0.39, 0.29) is 5.41 Å². The van der Waals surface area contributed by atoms with Crippen molar-refractivity contribution in [3.8, 4) is 0 Å². The predicted molar refractivity (Wildman–Crippen MR) is 76.0 cm³/mol. The van der Waals surface area contributed by atoms with Crippen LogP contribution in [-0.4, -0.2) is 35.4 Å². The van der Waals surface area contributed by atoms with Gasteiger partial charge >= 0.3 is 0 Å². The molecule has 4 nitrogen and oxygen atoms in total. The standard InChI is InChI=1S/C14H21N3OS/c1-11-10-19-12(16-11)9-17-7-4-14(5-8-17)3-2-6-15-13(14)18/h10H,2-9H2,1H3,(H,15,18). The number of hydrogen-bond acceptors (Lipinski definition) is 4. The number of likely N-dealkylation sites (tertiary alicyclic amines) is 1. The van der Waals surface area contributed by atoms with Crippen LogP contribution < -0.4 is 5.32 Å². The zero-order chi connectivity index (χ0) is 13.3. The summed E-state index contributed by atoms with van der Waals surface area (Å²) in [6, 6.07) is 0. The van der Waals surface area contributed by atoms with Crippen molar-refractivity contribution in [3.63, 3.8) is 0 Å². The van der Waals surface area contributed by atoms with E-state index in [9.17, 15) is 4.79 Å². The molecule has 1 amide bonds. The normalized spacial score (nSPS) is 23.5. The molecule has 3 heterocycles. The fraction of sp³-hybridized carbons (Fsp3) is 0.714. The molecule has 1 aromatic rings. The molecule has 0 unspecified atom stereocenters. The monoisotopic (exact) mass is 279 g/mol. The van der Waals surface area contributed by atoms with Gasteiger partial charge in [0.25, 0.3) is 0 Å². The fourth-order valence-corrected chi connectivity index (χ4v) is 4.03. The van der Waals surface area contributed by atoms with Gasteiger partial charge in [0.05, 0.1) is 12.0 Å². The maximum Gasteiger partial charge on any atom is 0.226 e. The lowest BCUT2D eigenvalue weighted by atomic mass is 9.72. The molecule has 2 saturated heterocycles. The van der Waals surface area contributed by atoms with Gasteiger partial charge in [-0.05, 0) is 45.7 Å². The number of thiazole rings is 1. The van der Waals surface area contributed by atoms with Gasteiger partial charge in [0.2, 0.25) is 5.91 Å². The molecule has 0 saturated carbocycles. The Bertz CT molecular complexity index is 463. The molecule has 1 aromatic heterocycles. The fourth-order valence-electron chi connectivity index (χ4n) is 3.21. The molecule has 0 aromatic carbocycles. The molecule has 1 N–H and O–H groups in total. The molecule has 0 radical (unpaired) electrons. The van der Waals surface area contributed by atoms with E-state index >= 15 is 0 Å². The van der Waals surface area contributed by atoms with Crippen molar-refractivity contribution >= 4 is 17.2 Å². The summed E-state index contributed by atoms with van der Waals surface area (Å²) < 4.78 is 0. The Hall–Kier alpha value is -0.940. The molecule has 2 aliphatic heterocycles. The van der Waals surface area contributed by atoms with Gasteiger partial charge in [0.15, 0.2) is 0 Å². The maximum atomic E-state index is 12.1. The lowest BCUT2D eigenvalue weighted by Crippen LogP contribution is -2.51. The summed E-state index contributed by atoms with van der Waals surface area (Å²) >= 11 is 1.74. The Labute approximate surface area is 118 Å². The first-order valence-corrected chi connectivity index (χ1v) is 7.98. The average molecular weight is 279 g/mol. The second-order valence-electron chi connectivity index (χ2n) is 5.80. The number of carbonyl (C=O) groups excluding carboxylic acids is 1. The largest absolute Gasteiger partial charge is 0.356 e. The third-order valence-electron chi connectivity index (χ3n) is 4.44. The molecule has 0 aliphatic carbocycles. The summed E-state index contributed by atoms with van der Waals surface area (Å²) in [6.45, 7) is 5.88. The lowest BCUT2D eigenvalue weighted by molar-refractivity contribution is -0.136. The van der Waals surface area contributed by atoms with Crippen molar-refractivity contribution in [2.24, 2.45) is 5.41 Å². The van der Waals surface area contributed by atoms with E-state index in [2.05, 4.69) is 20.6 Å². The van der Waals surface area contributed by atoms with E-state index < -0.39 is 0 Å². The number of amides is 1. The van der Waals surface area contributed by atoms with Crippen LogP contribution in [0.25, 0.3) is 0 Å². The number of rotatable bonds is 2. The molecular formula is C14H21N3OS. The molecule has 0 atom stereocenters. The van der Waals surface area contributed by atoms with Crippen LogP contribution in [-0.2, 0) is 11.3 Å². The van der Waals surface area contributed by atoms with E-state index in [1.54, 1.807) is 11.3 Å². The predicted octanol–water partition coefficient (Wildman–Crippen LogP) is 1.94. The second kappa shape index (κ2) is 5.21. The molecule has 3 rings (SSSR count). The zero-order valence-corrected chi connectivity index (χ0v) is 12.3. The highest BCUT2D eigenvalue weighted by Crippen LogP contribution is 2.38. The molecule has 19 heavy (non-hydrogen) atoms. The van der Waals surface area contributed by atoms with Crippen LogP contribution in [0, 0.1) is 12.3 Å². The van der Waals surface area contributed by atoms with Crippen LogP contribution in [0.4, 0.5) is 0 Å². The first kappa shape index (κ1) is 13.1. The van der Waals surface area contributed by atoms with Gasteiger partial charge in [-0.3, -0.25) is 9.69 Å². The van der Waals surface area contributed by atoms with Crippen molar-refractivity contribution in [1.29, 1.82) is 0 Å².